The molecule has 0 radical (unpaired) electrons. The number of hydrogen-bond donors (Lipinski definition) is 1. The summed E-state index contributed by atoms with van der Waals surface area (Å²) in [7, 11) is 0. The average Bonchev–Trinajstić information content (AvgIpc) is 2.90. The van der Waals surface area contributed by atoms with Crippen molar-refractivity contribution in [1.29, 1.82) is 5.26 Å². The third kappa shape index (κ3) is 3.88. The van der Waals surface area contributed by atoms with E-state index in [1.807, 2.05) is 6.07 Å². The van der Waals surface area contributed by atoms with E-state index < -0.39 is 0 Å². The molecule has 1 aromatic carbocycles. The predicted octanol–water partition coefficient (Wildman–Crippen LogP) is 3.48. The van der Waals surface area contributed by atoms with Crippen LogP contribution in [0, 0.1) is 17.1 Å². The van der Waals surface area contributed by atoms with Gasteiger partial charge in [0, 0.05) is 18.2 Å². The third-order valence-electron chi connectivity index (χ3n) is 2.95. The second kappa shape index (κ2) is 6.46. The summed E-state index contributed by atoms with van der Waals surface area (Å²) < 4.78 is 13.7. The number of rotatable bonds is 5. The second-order valence-corrected chi connectivity index (χ2v) is 5.32. The third-order valence-corrected chi connectivity index (χ3v) is 3.68. The summed E-state index contributed by atoms with van der Waals surface area (Å²) in [6.07, 6.45) is 0.932. The summed E-state index contributed by atoms with van der Waals surface area (Å²) >= 11 is 1.68. The van der Waals surface area contributed by atoms with E-state index in [0.29, 0.717) is 17.7 Å². The largest absolute Gasteiger partial charge is 0.310 e. The van der Waals surface area contributed by atoms with Gasteiger partial charge in [0.25, 0.3) is 0 Å². The van der Waals surface area contributed by atoms with Gasteiger partial charge in [0.1, 0.15) is 5.82 Å². The van der Waals surface area contributed by atoms with Gasteiger partial charge in [-0.1, -0.05) is 6.07 Å². The van der Waals surface area contributed by atoms with Crippen LogP contribution >= 0.6 is 11.3 Å². The van der Waals surface area contributed by atoms with Crippen molar-refractivity contribution < 1.29 is 4.39 Å². The van der Waals surface area contributed by atoms with Gasteiger partial charge in [-0.25, -0.2) is 4.39 Å². The number of thiophene rings is 1. The van der Waals surface area contributed by atoms with Crippen LogP contribution in [0.1, 0.15) is 23.6 Å². The summed E-state index contributed by atoms with van der Waals surface area (Å²) in [5.41, 5.74) is 2.24. The zero-order valence-corrected chi connectivity index (χ0v) is 11.5. The molecule has 1 aromatic heterocycles. The lowest BCUT2D eigenvalue weighted by Gasteiger charge is -2.13. The van der Waals surface area contributed by atoms with Gasteiger partial charge in [0.2, 0.25) is 0 Å². The van der Waals surface area contributed by atoms with Crippen molar-refractivity contribution in [3.05, 3.63) is 57.5 Å². The van der Waals surface area contributed by atoms with Gasteiger partial charge in [0.05, 0.1) is 11.6 Å². The Morgan fingerprint density at radius 1 is 1.42 bits per heavy atom. The Morgan fingerprint density at radius 3 is 2.89 bits per heavy atom. The Balaban J connectivity index is 1.90. The molecule has 1 N–H and O–H groups in total. The van der Waals surface area contributed by atoms with E-state index in [4.69, 9.17) is 5.26 Å². The minimum Gasteiger partial charge on any atom is -0.310 e. The Morgan fingerprint density at radius 2 is 2.26 bits per heavy atom. The standard InChI is InChI=1S/C15H15FN2S/c1-11(6-13-4-5-19-10-13)18-9-14-3-2-12(8-17)7-15(14)16/h2-5,7,10-11,18H,6,9H2,1H3. The molecule has 1 atom stereocenters. The van der Waals surface area contributed by atoms with E-state index in [-0.39, 0.29) is 11.9 Å². The summed E-state index contributed by atoms with van der Waals surface area (Å²) in [6.45, 7) is 2.56. The number of hydrogen-bond acceptors (Lipinski definition) is 3. The predicted molar refractivity (Wildman–Crippen MR) is 75.4 cm³/mol. The first-order chi connectivity index (χ1) is 9.19. The molecule has 19 heavy (non-hydrogen) atoms. The molecule has 2 aromatic rings. The Labute approximate surface area is 116 Å². The molecular weight excluding hydrogens is 259 g/mol. The number of nitrogens with zero attached hydrogens (tertiary/aromatic N) is 1. The molecule has 0 aliphatic carbocycles. The molecule has 0 saturated carbocycles. The molecule has 98 valence electrons. The maximum absolute atomic E-state index is 13.7. The van der Waals surface area contributed by atoms with Crippen molar-refractivity contribution in [2.45, 2.75) is 25.9 Å². The van der Waals surface area contributed by atoms with Crippen molar-refractivity contribution in [2.75, 3.05) is 0 Å². The molecular formula is C15H15FN2S. The van der Waals surface area contributed by atoms with Crippen LogP contribution in [0.15, 0.2) is 35.0 Å². The van der Waals surface area contributed by atoms with Crippen molar-refractivity contribution in [3.63, 3.8) is 0 Å². The van der Waals surface area contributed by atoms with Crippen LogP contribution in [0.5, 0.6) is 0 Å². The second-order valence-electron chi connectivity index (χ2n) is 4.54. The molecule has 0 bridgehead atoms. The molecule has 0 fully saturated rings. The van der Waals surface area contributed by atoms with Gasteiger partial charge in [-0.3, -0.25) is 0 Å². The quantitative estimate of drug-likeness (QED) is 0.906. The first-order valence-electron chi connectivity index (χ1n) is 6.12. The molecule has 0 aliphatic rings. The van der Waals surface area contributed by atoms with Crippen LogP contribution in [0.25, 0.3) is 0 Å². The molecule has 1 heterocycles. The van der Waals surface area contributed by atoms with Gasteiger partial charge >= 0.3 is 0 Å². The highest BCUT2D eigenvalue weighted by Gasteiger charge is 2.07. The maximum Gasteiger partial charge on any atom is 0.129 e. The highest BCUT2D eigenvalue weighted by atomic mass is 32.1. The van der Waals surface area contributed by atoms with Crippen molar-refractivity contribution in [1.82, 2.24) is 5.32 Å². The minimum absolute atomic E-state index is 0.282. The monoisotopic (exact) mass is 274 g/mol. The SMILES string of the molecule is CC(Cc1ccsc1)NCc1ccc(C#N)cc1F. The summed E-state index contributed by atoms with van der Waals surface area (Å²) in [6, 6.07) is 8.90. The smallest absolute Gasteiger partial charge is 0.129 e. The first kappa shape index (κ1) is 13.7. The van der Waals surface area contributed by atoms with Crippen LogP contribution < -0.4 is 5.32 Å². The van der Waals surface area contributed by atoms with E-state index in [0.717, 1.165) is 6.42 Å². The molecule has 0 saturated heterocycles. The molecule has 2 rings (SSSR count). The number of nitriles is 1. The van der Waals surface area contributed by atoms with Crippen LogP contribution in [0.4, 0.5) is 4.39 Å². The summed E-state index contributed by atoms with van der Waals surface area (Å²) in [5.74, 6) is -0.325. The number of benzene rings is 1. The fourth-order valence-electron chi connectivity index (χ4n) is 1.88. The number of nitrogens with one attached hydrogen (secondary N) is 1. The fourth-order valence-corrected chi connectivity index (χ4v) is 2.56. The van der Waals surface area contributed by atoms with Crippen LogP contribution in [-0.2, 0) is 13.0 Å². The molecule has 2 nitrogen and oxygen atoms in total. The van der Waals surface area contributed by atoms with Crippen molar-refractivity contribution in [2.24, 2.45) is 0 Å². The van der Waals surface area contributed by atoms with Gasteiger partial charge in [-0.15, -0.1) is 0 Å². The number of halogens is 1. The lowest BCUT2D eigenvalue weighted by Crippen LogP contribution is -2.27. The van der Waals surface area contributed by atoms with Gasteiger partial charge in [-0.05, 0) is 47.9 Å². The summed E-state index contributed by atoms with van der Waals surface area (Å²) in [5, 5.41) is 16.2. The zero-order valence-electron chi connectivity index (χ0n) is 10.7. The van der Waals surface area contributed by atoms with Gasteiger partial charge < -0.3 is 5.32 Å². The van der Waals surface area contributed by atoms with Crippen molar-refractivity contribution >= 4 is 11.3 Å². The van der Waals surface area contributed by atoms with E-state index >= 15 is 0 Å². The Bertz CT molecular complexity index is 572. The first-order valence-corrected chi connectivity index (χ1v) is 7.06. The van der Waals surface area contributed by atoms with Gasteiger partial charge in [-0.2, -0.15) is 16.6 Å². The molecule has 1 unspecified atom stereocenters. The summed E-state index contributed by atoms with van der Waals surface area (Å²) in [4.78, 5) is 0. The van der Waals surface area contributed by atoms with Crippen LogP contribution in [-0.4, -0.2) is 6.04 Å². The average molecular weight is 274 g/mol. The lowest BCUT2D eigenvalue weighted by molar-refractivity contribution is 0.525. The molecule has 4 heteroatoms. The van der Waals surface area contributed by atoms with Crippen LogP contribution in [0.2, 0.25) is 0 Å². The zero-order chi connectivity index (χ0) is 13.7. The Hall–Kier alpha value is -1.70. The Kier molecular flexibility index (Phi) is 4.67. The van der Waals surface area contributed by atoms with Crippen LogP contribution in [0.3, 0.4) is 0 Å². The van der Waals surface area contributed by atoms with E-state index in [9.17, 15) is 4.39 Å². The van der Waals surface area contributed by atoms with Gasteiger partial charge in [0.15, 0.2) is 0 Å². The maximum atomic E-state index is 13.7. The highest BCUT2D eigenvalue weighted by molar-refractivity contribution is 7.07. The van der Waals surface area contributed by atoms with E-state index in [1.54, 1.807) is 23.5 Å². The lowest BCUT2D eigenvalue weighted by atomic mass is 10.1. The highest BCUT2D eigenvalue weighted by Crippen LogP contribution is 2.11. The molecule has 0 amide bonds. The van der Waals surface area contributed by atoms with Crippen molar-refractivity contribution in [3.8, 4) is 6.07 Å². The minimum atomic E-state index is -0.325. The van der Waals surface area contributed by atoms with E-state index in [1.165, 1.54) is 11.6 Å². The molecule has 0 spiro atoms. The van der Waals surface area contributed by atoms with E-state index in [2.05, 4.69) is 29.1 Å². The fraction of sp³-hybridized carbons (Fsp3) is 0.267. The normalized spacial score (nSPS) is 12.1. The molecule has 0 aliphatic heterocycles. The topological polar surface area (TPSA) is 35.8 Å².